The van der Waals surface area contributed by atoms with Crippen LogP contribution in [0.3, 0.4) is 0 Å². The van der Waals surface area contributed by atoms with E-state index < -0.39 is 17.7 Å². The third-order valence-electron chi connectivity index (χ3n) is 2.52. The Morgan fingerprint density at radius 2 is 2.05 bits per heavy atom. The van der Waals surface area contributed by atoms with Crippen LogP contribution < -0.4 is 5.32 Å². The summed E-state index contributed by atoms with van der Waals surface area (Å²) in [5.74, 6) is 0. The molecule has 0 heterocycles. The van der Waals surface area contributed by atoms with Crippen LogP contribution >= 0.6 is 0 Å². The average molecular weight is 306 g/mol. The summed E-state index contributed by atoms with van der Waals surface area (Å²) in [5.41, 5.74) is 8.86. The Morgan fingerprint density at radius 3 is 2.64 bits per heavy atom. The summed E-state index contributed by atoms with van der Waals surface area (Å²) in [6.07, 6.45) is -0.561. The Kier molecular flexibility index (Phi) is 7.22. The minimum atomic E-state index is -0.585. The monoisotopic (exact) mass is 306 g/mol. The lowest BCUT2D eigenvalue weighted by Gasteiger charge is -2.23. The van der Waals surface area contributed by atoms with Crippen molar-refractivity contribution in [1.82, 2.24) is 5.32 Å². The molecule has 120 valence electrons. The Morgan fingerprint density at radius 1 is 1.36 bits per heavy atom. The van der Waals surface area contributed by atoms with Crippen molar-refractivity contribution in [2.75, 3.05) is 13.2 Å². The van der Waals surface area contributed by atoms with E-state index >= 15 is 0 Å². The first kappa shape index (κ1) is 17.8. The van der Waals surface area contributed by atoms with Crippen molar-refractivity contribution in [3.63, 3.8) is 0 Å². The molecular weight excluding hydrogens is 284 g/mol. The third-order valence-corrected chi connectivity index (χ3v) is 2.52. The zero-order valence-corrected chi connectivity index (χ0v) is 13.2. The highest BCUT2D eigenvalue weighted by Crippen LogP contribution is 2.07. The molecule has 22 heavy (non-hydrogen) atoms. The first-order valence-corrected chi connectivity index (χ1v) is 7.03. The molecule has 7 heteroatoms. The summed E-state index contributed by atoms with van der Waals surface area (Å²) in [6.45, 7) is 6.09. The number of nitrogens with one attached hydrogen (secondary N) is 1. The number of amides is 1. The fourth-order valence-corrected chi connectivity index (χ4v) is 1.64. The third kappa shape index (κ3) is 8.14. The molecule has 0 unspecified atom stereocenters. The molecule has 0 radical (unpaired) electrons. The van der Waals surface area contributed by atoms with Gasteiger partial charge in [0, 0.05) is 11.5 Å². The van der Waals surface area contributed by atoms with Crippen molar-refractivity contribution < 1.29 is 14.3 Å². The van der Waals surface area contributed by atoms with Crippen LogP contribution in [0.25, 0.3) is 10.4 Å². The second-order valence-electron chi connectivity index (χ2n) is 5.76. The topological polar surface area (TPSA) is 96.3 Å². The lowest BCUT2D eigenvalue weighted by molar-refractivity contribution is 0.0435. The number of rotatable bonds is 7. The van der Waals surface area contributed by atoms with Crippen molar-refractivity contribution in [3.8, 4) is 0 Å². The normalized spacial score (nSPS) is 12.1. The number of hydrogen-bond acceptors (Lipinski definition) is 4. The molecule has 0 aliphatic carbocycles. The van der Waals surface area contributed by atoms with Crippen molar-refractivity contribution in [3.05, 3.63) is 46.3 Å². The predicted molar refractivity (Wildman–Crippen MR) is 83.3 cm³/mol. The second kappa shape index (κ2) is 8.92. The van der Waals surface area contributed by atoms with Gasteiger partial charge in [0.05, 0.1) is 19.3 Å². The van der Waals surface area contributed by atoms with Crippen LogP contribution in [0.15, 0.2) is 35.4 Å². The van der Waals surface area contributed by atoms with Gasteiger partial charge in [-0.2, -0.15) is 0 Å². The van der Waals surface area contributed by atoms with Gasteiger partial charge in [0.1, 0.15) is 5.60 Å². The van der Waals surface area contributed by atoms with Gasteiger partial charge in [-0.25, -0.2) is 4.79 Å². The smallest absolute Gasteiger partial charge is 0.407 e. The van der Waals surface area contributed by atoms with E-state index in [1.165, 1.54) is 0 Å². The van der Waals surface area contributed by atoms with E-state index in [4.69, 9.17) is 15.0 Å². The molecule has 0 aromatic heterocycles. The maximum atomic E-state index is 11.7. The predicted octanol–water partition coefficient (Wildman–Crippen LogP) is 3.41. The van der Waals surface area contributed by atoms with E-state index in [1.807, 2.05) is 30.3 Å². The molecular formula is C15H22N4O3. The van der Waals surface area contributed by atoms with E-state index in [-0.39, 0.29) is 13.2 Å². The molecule has 0 aliphatic rings. The number of ether oxygens (including phenoxy) is 2. The van der Waals surface area contributed by atoms with Crippen LogP contribution in [0.2, 0.25) is 0 Å². The second-order valence-corrected chi connectivity index (χ2v) is 5.76. The average Bonchev–Trinajstić information content (AvgIpc) is 2.43. The molecule has 1 rings (SSSR count). The molecule has 1 amide bonds. The molecule has 1 aromatic carbocycles. The molecule has 0 spiro atoms. The van der Waals surface area contributed by atoms with Crippen LogP contribution in [-0.4, -0.2) is 30.9 Å². The van der Waals surface area contributed by atoms with Crippen molar-refractivity contribution in [2.45, 2.75) is 39.0 Å². The lowest BCUT2D eigenvalue weighted by atomic mass is 10.2. The van der Waals surface area contributed by atoms with Crippen molar-refractivity contribution in [2.24, 2.45) is 5.11 Å². The minimum Gasteiger partial charge on any atom is -0.444 e. The molecule has 0 aliphatic heterocycles. The van der Waals surface area contributed by atoms with Crippen molar-refractivity contribution in [1.29, 1.82) is 0 Å². The summed E-state index contributed by atoms with van der Waals surface area (Å²) in [7, 11) is 0. The number of carbonyl (C=O) groups is 1. The molecule has 0 fully saturated rings. The molecule has 1 N–H and O–H groups in total. The Bertz CT molecular complexity index is 507. The van der Waals surface area contributed by atoms with Crippen LogP contribution in [-0.2, 0) is 16.1 Å². The number of benzene rings is 1. The van der Waals surface area contributed by atoms with E-state index in [2.05, 4.69) is 15.3 Å². The zero-order chi connectivity index (χ0) is 16.4. The largest absolute Gasteiger partial charge is 0.444 e. The van der Waals surface area contributed by atoms with Crippen molar-refractivity contribution >= 4 is 6.09 Å². The zero-order valence-electron chi connectivity index (χ0n) is 13.2. The Balaban J connectivity index is 2.46. The van der Waals surface area contributed by atoms with Crippen LogP contribution in [0.1, 0.15) is 26.3 Å². The first-order chi connectivity index (χ1) is 10.4. The van der Waals surface area contributed by atoms with Crippen LogP contribution in [0.4, 0.5) is 4.79 Å². The number of azide groups is 1. The lowest BCUT2D eigenvalue weighted by Crippen LogP contribution is -2.43. The summed E-state index contributed by atoms with van der Waals surface area (Å²) in [4.78, 5) is 14.4. The van der Waals surface area contributed by atoms with Gasteiger partial charge in [0.2, 0.25) is 0 Å². The summed E-state index contributed by atoms with van der Waals surface area (Å²) < 4.78 is 10.7. The highest BCUT2D eigenvalue weighted by atomic mass is 16.6. The number of carbonyl (C=O) groups excluding carboxylic acids is 1. The van der Waals surface area contributed by atoms with Gasteiger partial charge in [0.15, 0.2) is 0 Å². The van der Waals surface area contributed by atoms with E-state index in [0.717, 1.165) is 5.56 Å². The van der Waals surface area contributed by atoms with Gasteiger partial charge < -0.3 is 14.8 Å². The Hall–Kier alpha value is -2.24. The fraction of sp³-hybridized carbons (Fsp3) is 0.533. The van der Waals surface area contributed by atoms with E-state index in [1.54, 1.807) is 20.8 Å². The van der Waals surface area contributed by atoms with Gasteiger partial charge in [-0.05, 0) is 31.9 Å². The molecule has 1 aromatic rings. The summed E-state index contributed by atoms with van der Waals surface area (Å²) in [5, 5.41) is 6.12. The molecule has 0 bridgehead atoms. The van der Waals surface area contributed by atoms with Gasteiger partial charge in [-0.15, -0.1) is 0 Å². The van der Waals surface area contributed by atoms with Crippen LogP contribution in [0.5, 0.6) is 0 Å². The van der Waals surface area contributed by atoms with Gasteiger partial charge in [-0.3, -0.25) is 0 Å². The van der Waals surface area contributed by atoms with Gasteiger partial charge in [0.25, 0.3) is 0 Å². The minimum absolute atomic E-state index is 0.102. The maximum Gasteiger partial charge on any atom is 0.407 e. The molecule has 7 nitrogen and oxygen atoms in total. The number of alkyl carbamates (subject to hydrolysis) is 1. The summed E-state index contributed by atoms with van der Waals surface area (Å²) in [6, 6.07) is 9.24. The summed E-state index contributed by atoms with van der Waals surface area (Å²) >= 11 is 0. The quantitative estimate of drug-likeness (QED) is 0.475. The fourth-order valence-electron chi connectivity index (χ4n) is 1.64. The highest BCUT2D eigenvalue weighted by Gasteiger charge is 2.19. The number of nitrogens with zero attached hydrogens (tertiary/aromatic N) is 3. The maximum absolute atomic E-state index is 11.7. The molecule has 1 atom stereocenters. The van der Waals surface area contributed by atoms with E-state index in [9.17, 15) is 4.79 Å². The standard InChI is InChI=1S/C15H22N4O3/c1-15(2,3)22-14(20)18-13(9-17-19-16)11-21-10-12-7-5-4-6-8-12/h4-8,13H,9-11H2,1-3H3,(H,18,20)/t13-/m0/s1. The van der Waals surface area contributed by atoms with Gasteiger partial charge in [-0.1, -0.05) is 35.4 Å². The van der Waals surface area contributed by atoms with Gasteiger partial charge >= 0.3 is 6.09 Å². The first-order valence-electron chi connectivity index (χ1n) is 7.03. The van der Waals surface area contributed by atoms with E-state index in [0.29, 0.717) is 6.61 Å². The molecule has 0 saturated carbocycles. The SMILES string of the molecule is CC(C)(C)OC(=O)N[C@@H](CN=[N+]=[N-])COCc1ccccc1. The van der Waals surface area contributed by atoms with Crippen LogP contribution in [0, 0.1) is 0 Å². The Labute approximate surface area is 130 Å². The highest BCUT2D eigenvalue weighted by molar-refractivity contribution is 5.68. The molecule has 0 saturated heterocycles. The number of hydrogen-bond donors (Lipinski definition) is 1.